The van der Waals surface area contributed by atoms with Gasteiger partial charge in [0.2, 0.25) is 0 Å². The molecule has 1 fully saturated rings. The van der Waals surface area contributed by atoms with E-state index in [1.165, 1.54) is 11.1 Å². The second kappa shape index (κ2) is 6.90. The first kappa shape index (κ1) is 15.0. The van der Waals surface area contributed by atoms with Gasteiger partial charge in [0.25, 0.3) is 0 Å². The molecular weight excluding hydrogens is 274 g/mol. The topological polar surface area (TPSA) is 41.3 Å². The Morgan fingerprint density at radius 3 is 2.77 bits per heavy atom. The minimum atomic E-state index is 0.235. The number of aliphatic hydroxyl groups is 1. The molecule has 0 radical (unpaired) electrons. The van der Waals surface area contributed by atoms with Crippen molar-refractivity contribution in [3.05, 3.63) is 59.9 Å². The number of aliphatic hydroxyl groups excluding tert-OH is 1. The molecule has 1 saturated heterocycles. The van der Waals surface area contributed by atoms with E-state index >= 15 is 0 Å². The van der Waals surface area contributed by atoms with Crippen molar-refractivity contribution >= 4 is 6.08 Å². The van der Waals surface area contributed by atoms with Gasteiger partial charge in [-0.05, 0) is 11.1 Å². The summed E-state index contributed by atoms with van der Waals surface area (Å²) in [6.07, 6.45) is 8.36. The lowest BCUT2D eigenvalue weighted by molar-refractivity contribution is 0.217. The van der Waals surface area contributed by atoms with Gasteiger partial charge in [-0.25, -0.2) is 0 Å². The standard InChI is InChI=1S/C18H23N3O/c1-20-11-16(10-19-20)18-13-21(12-17(18)14-22)9-5-8-15-6-3-2-4-7-15/h2-8,10-11,17-18,22H,9,12-14H2,1H3/t17-,18-/m0/s1. The fourth-order valence-corrected chi connectivity index (χ4v) is 3.21. The lowest BCUT2D eigenvalue weighted by Gasteiger charge is -2.13. The third-order valence-electron chi connectivity index (χ3n) is 4.38. The summed E-state index contributed by atoms with van der Waals surface area (Å²) in [4.78, 5) is 2.40. The highest BCUT2D eigenvalue weighted by Crippen LogP contribution is 2.31. The van der Waals surface area contributed by atoms with Crippen LogP contribution in [0.15, 0.2) is 48.8 Å². The number of nitrogens with zero attached hydrogens (tertiary/aromatic N) is 3. The van der Waals surface area contributed by atoms with Gasteiger partial charge >= 0.3 is 0 Å². The maximum atomic E-state index is 9.65. The van der Waals surface area contributed by atoms with E-state index in [9.17, 15) is 5.11 Å². The van der Waals surface area contributed by atoms with Crippen LogP contribution in [0.1, 0.15) is 17.0 Å². The maximum Gasteiger partial charge on any atom is 0.0525 e. The molecule has 1 aromatic heterocycles. The van der Waals surface area contributed by atoms with E-state index in [0.29, 0.717) is 11.8 Å². The molecule has 0 amide bonds. The largest absolute Gasteiger partial charge is 0.396 e. The van der Waals surface area contributed by atoms with E-state index in [1.807, 2.05) is 24.0 Å². The van der Waals surface area contributed by atoms with Crippen molar-refractivity contribution in [2.24, 2.45) is 13.0 Å². The molecule has 1 aliphatic rings. The van der Waals surface area contributed by atoms with Crippen LogP contribution in [0.5, 0.6) is 0 Å². The van der Waals surface area contributed by atoms with E-state index < -0.39 is 0 Å². The molecule has 0 saturated carbocycles. The fourth-order valence-electron chi connectivity index (χ4n) is 3.21. The third-order valence-corrected chi connectivity index (χ3v) is 4.38. The molecule has 2 aromatic rings. The van der Waals surface area contributed by atoms with Crippen LogP contribution in [0.25, 0.3) is 6.08 Å². The van der Waals surface area contributed by atoms with E-state index in [0.717, 1.165) is 19.6 Å². The van der Waals surface area contributed by atoms with Gasteiger partial charge in [-0.15, -0.1) is 0 Å². The average Bonchev–Trinajstić information content (AvgIpc) is 3.14. The lowest BCUT2D eigenvalue weighted by atomic mass is 9.92. The molecule has 1 aliphatic heterocycles. The van der Waals surface area contributed by atoms with Crippen molar-refractivity contribution < 1.29 is 5.11 Å². The van der Waals surface area contributed by atoms with Crippen LogP contribution in [0, 0.1) is 5.92 Å². The number of hydrogen-bond donors (Lipinski definition) is 1. The van der Waals surface area contributed by atoms with Gasteiger partial charge in [-0.1, -0.05) is 42.5 Å². The molecule has 4 heteroatoms. The number of aryl methyl sites for hydroxylation is 1. The lowest BCUT2D eigenvalue weighted by Crippen LogP contribution is -2.21. The Morgan fingerprint density at radius 2 is 2.09 bits per heavy atom. The molecule has 2 atom stereocenters. The molecule has 0 unspecified atom stereocenters. The van der Waals surface area contributed by atoms with Gasteiger partial charge in [0.15, 0.2) is 0 Å². The first-order chi connectivity index (χ1) is 10.8. The third kappa shape index (κ3) is 3.46. The number of hydrogen-bond acceptors (Lipinski definition) is 3. The zero-order chi connectivity index (χ0) is 15.4. The van der Waals surface area contributed by atoms with Crippen LogP contribution in [-0.2, 0) is 7.05 Å². The fraction of sp³-hybridized carbons (Fsp3) is 0.389. The second-order valence-electron chi connectivity index (χ2n) is 6.03. The van der Waals surface area contributed by atoms with Gasteiger partial charge in [0, 0.05) is 51.3 Å². The second-order valence-corrected chi connectivity index (χ2v) is 6.03. The van der Waals surface area contributed by atoms with Crippen LogP contribution in [-0.4, -0.2) is 46.0 Å². The molecule has 22 heavy (non-hydrogen) atoms. The molecule has 0 spiro atoms. The van der Waals surface area contributed by atoms with Crippen LogP contribution in [0.4, 0.5) is 0 Å². The highest BCUT2D eigenvalue weighted by Gasteiger charge is 2.33. The molecule has 1 N–H and O–H groups in total. The predicted octanol–water partition coefficient (Wildman–Crippen LogP) is 2.14. The van der Waals surface area contributed by atoms with E-state index in [4.69, 9.17) is 0 Å². The summed E-state index contributed by atoms with van der Waals surface area (Å²) in [5.74, 6) is 0.679. The molecule has 116 valence electrons. The highest BCUT2D eigenvalue weighted by molar-refractivity contribution is 5.48. The summed E-state index contributed by atoms with van der Waals surface area (Å²) in [6, 6.07) is 10.3. The summed E-state index contributed by atoms with van der Waals surface area (Å²) in [6.45, 7) is 3.08. The number of likely N-dealkylation sites (tertiary alicyclic amines) is 1. The van der Waals surface area contributed by atoms with Crippen molar-refractivity contribution in [1.29, 1.82) is 0 Å². The highest BCUT2D eigenvalue weighted by atomic mass is 16.3. The van der Waals surface area contributed by atoms with E-state index in [2.05, 4.69) is 52.6 Å². The van der Waals surface area contributed by atoms with E-state index in [1.54, 1.807) is 0 Å². The van der Waals surface area contributed by atoms with Gasteiger partial charge < -0.3 is 5.11 Å². The monoisotopic (exact) mass is 297 g/mol. The minimum absolute atomic E-state index is 0.235. The van der Waals surface area contributed by atoms with E-state index in [-0.39, 0.29) is 6.61 Å². The van der Waals surface area contributed by atoms with Crippen LogP contribution >= 0.6 is 0 Å². The Kier molecular flexibility index (Phi) is 4.71. The minimum Gasteiger partial charge on any atom is -0.396 e. The SMILES string of the molecule is Cn1cc([C@@H]2CN(CC=Cc3ccccc3)C[C@H]2CO)cn1. The quantitative estimate of drug-likeness (QED) is 0.919. The Labute approximate surface area is 131 Å². The summed E-state index contributed by atoms with van der Waals surface area (Å²) in [5, 5.41) is 13.9. The molecular formula is C18H23N3O. The van der Waals surface area contributed by atoms with Crippen molar-refractivity contribution in [3.63, 3.8) is 0 Å². The summed E-state index contributed by atoms with van der Waals surface area (Å²) in [7, 11) is 1.94. The molecule has 0 aliphatic carbocycles. The average molecular weight is 297 g/mol. The first-order valence-corrected chi connectivity index (χ1v) is 7.79. The van der Waals surface area contributed by atoms with Crippen molar-refractivity contribution in [2.75, 3.05) is 26.2 Å². The Hall–Kier alpha value is -1.91. The summed E-state index contributed by atoms with van der Waals surface area (Å²) < 4.78 is 1.84. The van der Waals surface area contributed by atoms with Crippen molar-refractivity contribution in [3.8, 4) is 0 Å². The molecule has 2 heterocycles. The Balaban J connectivity index is 1.61. The van der Waals surface area contributed by atoms with Gasteiger partial charge in [0.1, 0.15) is 0 Å². The van der Waals surface area contributed by atoms with Gasteiger partial charge in [-0.2, -0.15) is 5.10 Å². The van der Waals surface area contributed by atoms with Crippen molar-refractivity contribution in [1.82, 2.24) is 14.7 Å². The predicted molar refractivity (Wildman–Crippen MR) is 88.4 cm³/mol. The smallest absolute Gasteiger partial charge is 0.0525 e. The van der Waals surface area contributed by atoms with Crippen LogP contribution in [0.3, 0.4) is 0 Å². The van der Waals surface area contributed by atoms with Crippen LogP contribution < -0.4 is 0 Å². The zero-order valence-corrected chi connectivity index (χ0v) is 13.0. The van der Waals surface area contributed by atoms with Gasteiger partial charge in [0.05, 0.1) is 6.20 Å². The first-order valence-electron chi connectivity index (χ1n) is 7.79. The maximum absolute atomic E-state index is 9.65. The summed E-state index contributed by atoms with van der Waals surface area (Å²) >= 11 is 0. The van der Waals surface area contributed by atoms with Gasteiger partial charge in [-0.3, -0.25) is 9.58 Å². The normalized spacial score (nSPS) is 22.6. The van der Waals surface area contributed by atoms with Crippen molar-refractivity contribution in [2.45, 2.75) is 5.92 Å². The number of benzene rings is 1. The molecule has 4 nitrogen and oxygen atoms in total. The molecule has 0 bridgehead atoms. The Bertz CT molecular complexity index is 620. The zero-order valence-electron chi connectivity index (χ0n) is 13.0. The Morgan fingerprint density at radius 1 is 1.27 bits per heavy atom. The van der Waals surface area contributed by atoms with Crippen LogP contribution in [0.2, 0.25) is 0 Å². The number of rotatable bonds is 5. The molecule has 3 rings (SSSR count). The summed E-state index contributed by atoms with van der Waals surface area (Å²) in [5.41, 5.74) is 2.46. The number of aromatic nitrogens is 2. The molecule has 1 aromatic carbocycles.